The molecule has 5 rings (SSSR count). The number of ether oxygens (including phenoxy) is 1. The number of rotatable bonds is 0. The molecule has 0 unspecified atom stereocenters. The van der Waals surface area contributed by atoms with Crippen LogP contribution < -0.4 is 4.74 Å². The maximum Gasteiger partial charge on any atom is 0.147 e. The third-order valence-electron chi connectivity index (χ3n) is 5.61. The van der Waals surface area contributed by atoms with Crippen molar-refractivity contribution in [2.24, 2.45) is 12.0 Å². The van der Waals surface area contributed by atoms with Crippen LogP contribution in [0.1, 0.15) is 46.7 Å². The average molecular weight is 384 g/mol. The number of aryl methyl sites for hydroxylation is 2. The van der Waals surface area contributed by atoms with Crippen LogP contribution in [0.2, 0.25) is 0 Å². The molecule has 3 aromatic rings. The van der Waals surface area contributed by atoms with Crippen molar-refractivity contribution < 1.29 is 4.74 Å². The van der Waals surface area contributed by atoms with Gasteiger partial charge in [-0.1, -0.05) is 24.6 Å². The van der Waals surface area contributed by atoms with E-state index in [9.17, 15) is 5.26 Å². The van der Waals surface area contributed by atoms with Crippen LogP contribution in [-0.2, 0) is 20.0 Å². The molecule has 144 valence electrons. The van der Waals surface area contributed by atoms with Gasteiger partial charge in [0.1, 0.15) is 23.2 Å². The highest BCUT2D eigenvalue weighted by molar-refractivity contribution is 6.06. The highest BCUT2D eigenvalue weighted by atomic mass is 16.5. The Kier molecular flexibility index (Phi) is 3.95. The molecule has 2 bridgehead atoms. The molecule has 4 heterocycles. The lowest BCUT2D eigenvalue weighted by molar-refractivity contribution is 0.316. The molecule has 0 radical (unpaired) electrons. The van der Waals surface area contributed by atoms with Crippen molar-refractivity contribution in [1.29, 1.82) is 5.26 Å². The van der Waals surface area contributed by atoms with Crippen LogP contribution in [-0.4, -0.2) is 32.1 Å². The van der Waals surface area contributed by atoms with E-state index >= 15 is 0 Å². The maximum atomic E-state index is 9.69. The Hall–Kier alpha value is -3.53. The molecule has 1 aromatic carbocycles. The van der Waals surface area contributed by atoms with Crippen molar-refractivity contribution in [3.05, 3.63) is 58.3 Å². The molecular formula is C22H20N6O. The van der Waals surface area contributed by atoms with Crippen molar-refractivity contribution in [3.8, 4) is 23.1 Å². The number of nitrogens with zero attached hydrogens (tertiary/aromatic N) is 6. The second kappa shape index (κ2) is 6.52. The molecular weight excluding hydrogens is 364 g/mol. The van der Waals surface area contributed by atoms with Crippen molar-refractivity contribution in [3.63, 3.8) is 0 Å². The number of hydrogen-bond donors (Lipinski definition) is 0. The minimum absolute atomic E-state index is 0.0268. The molecule has 1 atom stereocenters. The monoisotopic (exact) mass is 384 g/mol. The van der Waals surface area contributed by atoms with Crippen molar-refractivity contribution in [1.82, 2.24) is 19.7 Å². The summed E-state index contributed by atoms with van der Waals surface area (Å²) in [7, 11) is 1.78. The molecule has 0 saturated heterocycles. The zero-order valence-corrected chi connectivity index (χ0v) is 16.6. The summed E-state index contributed by atoms with van der Waals surface area (Å²) in [6, 6.07) is 8.49. The van der Waals surface area contributed by atoms with E-state index in [0.717, 1.165) is 39.7 Å². The van der Waals surface area contributed by atoms with Gasteiger partial charge in [0.15, 0.2) is 0 Å². The smallest absolute Gasteiger partial charge is 0.147 e. The summed E-state index contributed by atoms with van der Waals surface area (Å²) in [6.45, 7) is 5.19. The maximum absolute atomic E-state index is 9.69. The fraction of sp³-hybridized carbons (Fsp3) is 0.318. The molecule has 0 amide bonds. The molecule has 2 aliphatic heterocycles. The number of hydrogen-bond acceptors (Lipinski definition) is 6. The number of aliphatic imine (C=N–C) groups is 1. The van der Waals surface area contributed by atoms with Gasteiger partial charge in [0.05, 0.1) is 47.7 Å². The van der Waals surface area contributed by atoms with Gasteiger partial charge >= 0.3 is 0 Å². The molecule has 29 heavy (non-hydrogen) atoms. The standard InChI is InChI=1S/C22H20N6O/c1-12-4-5-19-14(8-12)13(2)21-22-17(11-25-21)24-10-16(26-22)20-15(6-7-29-19)27-28(3)18(20)9-23/h4-5,8,10,13H,6-7,11H2,1-3H3/t13-/m1/s1. The summed E-state index contributed by atoms with van der Waals surface area (Å²) in [5.41, 5.74) is 7.53. The van der Waals surface area contributed by atoms with Gasteiger partial charge in [-0.05, 0) is 13.0 Å². The van der Waals surface area contributed by atoms with E-state index in [1.165, 1.54) is 5.56 Å². The number of fused-ring (bicyclic) bond motifs is 4. The lowest BCUT2D eigenvalue weighted by Gasteiger charge is -2.19. The summed E-state index contributed by atoms with van der Waals surface area (Å²) >= 11 is 0. The molecule has 0 aliphatic carbocycles. The second-order valence-corrected chi connectivity index (χ2v) is 7.52. The highest BCUT2D eigenvalue weighted by Crippen LogP contribution is 2.35. The van der Waals surface area contributed by atoms with Gasteiger partial charge in [-0.3, -0.25) is 14.7 Å². The molecule has 0 fully saturated rings. The fourth-order valence-corrected chi connectivity index (χ4v) is 4.13. The van der Waals surface area contributed by atoms with Crippen LogP contribution in [0.3, 0.4) is 0 Å². The average Bonchev–Trinajstić information content (AvgIpc) is 3.27. The zero-order chi connectivity index (χ0) is 20.1. The molecule has 7 nitrogen and oxygen atoms in total. The first-order valence-electron chi connectivity index (χ1n) is 9.67. The van der Waals surface area contributed by atoms with Crippen LogP contribution in [0.25, 0.3) is 11.3 Å². The van der Waals surface area contributed by atoms with Crippen LogP contribution in [0.4, 0.5) is 0 Å². The molecule has 2 aliphatic rings. The first kappa shape index (κ1) is 17.6. The van der Waals surface area contributed by atoms with Gasteiger partial charge in [0, 0.05) is 24.9 Å². The number of benzene rings is 1. The molecule has 7 heteroatoms. The predicted molar refractivity (Wildman–Crippen MR) is 108 cm³/mol. The normalized spacial score (nSPS) is 17.2. The molecule has 0 saturated carbocycles. The second-order valence-electron chi connectivity index (χ2n) is 7.52. The largest absolute Gasteiger partial charge is 0.493 e. The van der Waals surface area contributed by atoms with E-state index in [0.29, 0.717) is 31.0 Å². The SMILES string of the molecule is Cc1ccc2c(c1)[C@@H](C)C1=NCc3ncc(nc31)-c1c(nn(C)c1C#N)CCO2. The Morgan fingerprint density at radius 1 is 1.28 bits per heavy atom. The van der Waals surface area contributed by atoms with Gasteiger partial charge in [0.2, 0.25) is 0 Å². The van der Waals surface area contributed by atoms with E-state index < -0.39 is 0 Å². The first-order chi connectivity index (χ1) is 14.1. The van der Waals surface area contributed by atoms with Crippen LogP contribution in [0.15, 0.2) is 29.4 Å². The van der Waals surface area contributed by atoms with Crippen LogP contribution in [0.5, 0.6) is 5.75 Å². The Morgan fingerprint density at radius 3 is 2.97 bits per heavy atom. The molecule has 0 spiro atoms. The lowest BCUT2D eigenvalue weighted by Crippen LogP contribution is -2.15. The molecule has 0 N–H and O–H groups in total. The Morgan fingerprint density at radius 2 is 2.14 bits per heavy atom. The van der Waals surface area contributed by atoms with Crippen LogP contribution >= 0.6 is 0 Å². The number of nitriles is 1. The van der Waals surface area contributed by atoms with Gasteiger partial charge in [-0.25, -0.2) is 4.98 Å². The van der Waals surface area contributed by atoms with Crippen molar-refractivity contribution in [2.45, 2.75) is 32.7 Å². The zero-order valence-electron chi connectivity index (χ0n) is 16.6. The van der Waals surface area contributed by atoms with Crippen molar-refractivity contribution >= 4 is 5.71 Å². The van der Waals surface area contributed by atoms with E-state index in [2.05, 4.69) is 42.1 Å². The Balaban J connectivity index is 1.75. The summed E-state index contributed by atoms with van der Waals surface area (Å²) in [6.07, 6.45) is 2.31. The quantitative estimate of drug-likeness (QED) is 0.594. The summed E-state index contributed by atoms with van der Waals surface area (Å²) in [5.74, 6) is 0.876. The topological polar surface area (TPSA) is 89.0 Å². The summed E-state index contributed by atoms with van der Waals surface area (Å²) in [4.78, 5) is 14.3. The fourth-order valence-electron chi connectivity index (χ4n) is 4.13. The summed E-state index contributed by atoms with van der Waals surface area (Å²) in [5, 5.41) is 14.2. The Bertz CT molecular complexity index is 1220. The number of aromatic nitrogens is 4. The first-order valence-corrected chi connectivity index (χ1v) is 9.67. The van der Waals surface area contributed by atoms with E-state index in [4.69, 9.17) is 14.7 Å². The van der Waals surface area contributed by atoms with E-state index in [1.807, 2.05) is 6.07 Å². The Labute approximate surface area is 168 Å². The van der Waals surface area contributed by atoms with Gasteiger partial charge in [0.25, 0.3) is 0 Å². The summed E-state index contributed by atoms with van der Waals surface area (Å²) < 4.78 is 7.78. The van der Waals surface area contributed by atoms with Gasteiger partial charge in [-0.15, -0.1) is 0 Å². The van der Waals surface area contributed by atoms with Gasteiger partial charge in [-0.2, -0.15) is 10.4 Å². The minimum atomic E-state index is 0.0268. The van der Waals surface area contributed by atoms with Crippen molar-refractivity contribution in [2.75, 3.05) is 6.61 Å². The molecule has 2 aromatic heterocycles. The highest BCUT2D eigenvalue weighted by Gasteiger charge is 2.29. The van der Waals surface area contributed by atoms with E-state index in [-0.39, 0.29) is 5.92 Å². The third kappa shape index (κ3) is 2.71. The van der Waals surface area contributed by atoms with Gasteiger partial charge < -0.3 is 4.74 Å². The van der Waals surface area contributed by atoms with E-state index in [1.54, 1.807) is 17.9 Å². The van der Waals surface area contributed by atoms with Crippen LogP contribution in [0, 0.1) is 18.3 Å². The lowest BCUT2D eigenvalue weighted by atomic mass is 9.92. The minimum Gasteiger partial charge on any atom is -0.493 e. The predicted octanol–water partition coefficient (Wildman–Crippen LogP) is 3.10. The third-order valence-corrected chi connectivity index (χ3v) is 5.61.